The third kappa shape index (κ3) is 8.39. The average molecular weight is 289 g/mol. The summed E-state index contributed by atoms with van der Waals surface area (Å²) >= 11 is 5.45. The highest BCUT2D eigenvalue weighted by atomic mass is 32.1. The summed E-state index contributed by atoms with van der Waals surface area (Å²) in [5.74, 6) is 0. The quantitative estimate of drug-likeness (QED) is 0.621. The van der Waals surface area contributed by atoms with E-state index < -0.39 is 0 Å². The Labute approximate surface area is 124 Å². The molecule has 0 aromatic heterocycles. The Kier molecular flexibility index (Phi) is 11.2. The molecule has 0 saturated heterocycles. The van der Waals surface area contributed by atoms with E-state index in [0.717, 1.165) is 44.3 Å². The number of methoxy groups -OCH3 is 1. The van der Waals surface area contributed by atoms with Crippen LogP contribution in [0.15, 0.2) is 0 Å². The van der Waals surface area contributed by atoms with Gasteiger partial charge in [0.25, 0.3) is 0 Å². The van der Waals surface area contributed by atoms with Crippen molar-refractivity contribution in [3.05, 3.63) is 0 Å². The molecular weight excluding hydrogens is 258 g/mol. The van der Waals surface area contributed by atoms with E-state index >= 15 is 0 Å². The molecule has 0 aliphatic heterocycles. The first-order chi connectivity index (χ1) is 9.08. The topological polar surface area (TPSA) is 27.7 Å². The monoisotopic (exact) mass is 289 g/mol. The zero-order valence-electron chi connectivity index (χ0n) is 13.2. The van der Waals surface area contributed by atoms with Gasteiger partial charge in [0.05, 0.1) is 6.61 Å². The summed E-state index contributed by atoms with van der Waals surface area (Å²) in [4.78, 5) is 4.67. The maximum absolute atomic E-state index is 5.45. The fourth-order valence-corrected chi connectivity index (χ4v) is 2.44. The van der Waals surface area contributed by atoms with E-state index in [1.807, 2.05) is 0 Å². The highest BCUT2D eigenvalue weighted by Crippen LogP contribution is 1.98. The predicted octanol–water partition coefficient (Wildman–Crippen LogP) is 1.95. The minimum absolute atomic E-state index is 0.259. The first-order valence-corrected chi connectivity index (χ1v) is 7.76. The second-order valence-corrected chi connectivity index (χ2v) is 5.15. The molecule has 0 aliphatic rings. The Bertz CT molecular complexity index is 235. The minimum atomic E-state index is 0.259. The van der Waals surface area contributed by atoms with Gasteiger partial charge < -0.3 is 19.9 Å². The van der Waals surface area contributed by atoms with Crippen LogP contribution in [0.2, 0.25) is 0 Å². The molecule has 0 heterocycles. The molecule has 4 nitrogen and oxygen atoms in total. The molecule has 1 N–H and O–H groups in total. The van der Waals surface area contributed by atoms with E-state index in [-0.39, 0.29) is 6.04 Å². The number of hydrogen-bond acceptors (Lipinski definition) is 3. The number of nitrogens with one attached hydrogen (secondary N) is 1. The SMILES string of the molecule is CCN(CC)CCCN(CC)C(=S)NC(C)COC. The summed E-state index contributed by atoms with van der Waals surface area (Å²) in [6, 6.07) is 0.259. The van der Waals surface area contributed by atoms with Gasteiger partial charge in [-0.25, -0.2) is 0 Å². The molecule has 0 amide bonds. The van der Waals surface area contributed by atoms with Gasteiger partial charge in [0.1, 0.15) is 0 Å². The van der Waals surface area contributed by atoms with Crippen LogP contribution in [0, 0.1) is 0 Å². The number of nitrogens with zero attached hydrogens (tertiary/aromatic N) is 2. The number of rotatable bonds is 10. The molecule has 114 valence electrons. The summed E-state index contributed by atoms with van der Waals surface area (Å²) in [5, 5.41) is 4.16. The Morgan fingerprint density at radius 1 is 1.16 bits per heavy atom. The van der Waals surface area contributed by atoms with Crippen molar-refractivity contribution in [3.63, 3.8) is 0 Å². The summed E-state index contributed by atoms with van der Waals surface area (Å²) in [6.07, 6.45) is 1.15. The van der Waals surface area contributed by atoms with Crippen LogP contribution in [-0.4, -0.2) is 67.4 Å². The second kappa shape index (κ2) is 11.4. The van der Waals surface area contributed by atoms with E-state index in [4.69, 9.17) is 17.0 Å². The molecule has 0 bridgehead atoms. The van der Waals surface area contributed by atoms with E-state index in [1.165, 1.54) is 0 Å². The van der Waals surface area contributed by atoms with Crippen LogP contribution >= 0.6 is 12.2 Å². The first kappa shape index (κ1) is 18.6. The molecule has 0 aromatic rings. The molecule has 0 aliphatic carbocycles. The zero-order chi connectivity index (χ0) is 14.7. The van der Waals surface area contributed by atoms with Crippen molar-refractivity contribution in [1.29, 1.82) is 0 Å². The molecule has 0 aromatic carbocycles. The summed E-state index contributed by atoms with van der Waals surface area (Å²) in [6.45, 7) is 14.7. The van der Waals surface area contributed by atoms with Gasteiger partial charge in [-0.15, -0.1) is 0 Å². The number of ether oxygens (including phenoxy) is 1. The average Bonchev–Trinajstić information content (AvgIpc) is 2.39. The van der Waals surface area contributed by atoms with Crippen molar-refractivity contribution < 1.29 is 4.74 Å². The van der Waals surface area contributed by atoms with Crippen molar-refractivity contribution in [2.45, 2.75) is 40.2 Å². The van der Waals surface area contributed by atoms with Gasteiger partial charge in [0.2, 0.25) is 0 Å². The molecule has 5 heteroatoms. The molecule has 0 spiro atoms. The maximum Gasteiger partial charge on any atom is 0.169 e. The van der Waals surface area contributed by atoms with Crippen LogP contribution in [0.1, 0.15) is 34.1 Å². The lowest BCUT2D eigenvalue weighted by Crippen LogP contribution is -2.45. The number of thiocarbonyl (C=S) groups is 1. The van der Waals surface area contributed by atoms with Crippen molar-refractivity contribution in [1.82, 2.24) is 15.1 Å². The highest BCUT2D eigenvalue weighted by molar-refractivity contribution is 7.80. The Morgan fingerprint density at radius 3 is 2.26 bits per heavy atom. The van der Waals surface area contributed by atoms with E-state index in [0.29, 0.717) is 6.61 Å². The van der Waals surface area contributed by atoms with Gasteiger partial charge in [-0.05, 0) is 52.1 Å². The maximum atomic E-state index is 5.45. The lowest BCUT2D eigenvalue weighted by Gasteiger charge is -2.28. The smallest absolute Gasteiger partial charge is 0.169 e. The van der Waals surface area contributed by atoms with Crippen molar-refractivity contribution >= 4 is 17.3 Å². The summed E-state index contributed by atoms with van der Waals surface area (Å²) in [7, 11) is 1.71. The summed E-state index contributed by atoms with van der Waals surface area (Å²) < 4.78 is 5.11. The van der Waals surface area contributed by atoms with Crippen LogP contribution < -0.4 is 5.32 Å². The van der Waals surface area contributed by atoms with Gasteiger partial charge in [-0.3, -0.25) is 0 Å². The van der Waals surface area contributed by atoms with Crippen molar-refractivity contribution in [2.24, 2.45) is 0 Å². The zero-order valence-corrected chi connectivity index (χ0v) is 14.1. The molecule has 0 radical (unpaired) electrons. The third-order valence-electron chi connectivity index (χ3n) is 3.25. The van der Waals surface area contributed by atoms with Crippen molar-refractivity contribution in [3.8, 4) is 0 Å². The highest BCUT2D eigenvalue weighted by Gasteiger charge is 2.10. The fraction of sp³-hybridized carbons (Fsp3) is 0.929. The van der Waals surface area contributed by atoms with Crippen LogP contribution in [0.25, 0.3) is 0 Å². The fourth-order valence-electron chi connectivity index (χ4n) is 2.02. The Morgan fingerprint density at radius 2 is 1.79 bits per heavy atom. The molecule has 1 unspecified atom stereocenters. The lowest BCUT2D eigenvalue weighted by molar-refractivity contribution is 0.177. The van der Waals surface area contributed by atoms with E-state index in [1.54, 1.807) is 7.11 Å². The van der Waals surface area contributed by atoms with Crippen LogP contribution in [0.4, 0.5) is 0 Å². The van der Waals surface area contributed by atoms with Crippen LogP contribution in [0.3, 0.4) is 0 Å². The molecule has 1 atom stereocenters. The predicted molar refractivity (Wildman–Crippen MR) is 86.7 cm³/mol. The van der Waals surface area contributed by atoms with Gasteiger partial charge >= 0.3 is 0 Å². The molecule has 0 fully saturated rings. The largest absolute Gasteiger partial charge is 0.383 e. The minimum Gasteiger partial charge on any atom is -0.383 e. The van der Waals surface area contributed by atoms with Gasteiger partial charge in [-0.2, -0.15) is 0 Å². The Hall–Kier alpha value is -0.390. The third-order valence-corrected chi connectivity index (χ3v) is 3.63. The Balaban J connectivity index is 4.01. The molecule has 19 heavy (non-hydrogen) atoms. The molecule has 0 rings (SSSR count). The van der Waals surface area contributed by atoms with Gasteiger partial charge in [-0.1, -0.05) is 13.8 Å². The van der Waals surface area contributed by atoms with Crippen molar-refractivity contribution in [2.75, 3.05) is 46.4 Å². The molecule has 0 saturated carbocycles. The van der Waals surface area contributed by atoms with Crippen LogP contribution in [0.5, 0.6) is 0 Å². The van der Waals surface area contributed by atoms with Crippen LogP contribution in [-0.2, 0) is 4.74 Å². The van der Waals surface area contributed by atoms with E-state index in [9.17, 15) is 0 Å². The van der Waals surface area contributed by atoms with Gasteiger partial charge in [0, 0.05) is 26.2 Å². The second-order valence-electron chi connectivity index (χ2n) is 4.77. The van der Waals surface area contributed by atoms with E-state index in [2.05, 4.69) is 42.8 Å². The summed E-state index contributed by atoms with van der Waals surface area (Å²) in [5.41, 5.74) is 0. The lowest BCUT2D eigenvalue weighted by atomic mass is 10.3. The molecular formula is C14H31N3OS. The standard InChI is InChI=1S/C14H31N3OS/c1-6-16(7-2)10-9-11-17(8-3)14(19)15-13(4)12-18-5/h13H,6-12H2,1-5H3,(H,15,19). The normalized spacial score (nSPS) is 12.5. The first-order valence-electron chi connectivity index (χ1n) is 7.35. The van der Waals surface area contributed by atoms with Gasteiger partial charge in [0.15, 0.2) is 5.11 Å². The number of hydrogen-bond donors (Lipinski definition) is 1.